The molecular weight excluding hydrogens is 148 g/mol. The highest BCUT2D eigenvalue weighted by molar-refractivity contribution is 6.17. The average molecular weight is 157 g/mol. The van der Waals surface area contributed by atoms with Crippen molar-refractivity contribution >= 4 is 11.6 Å². The van der Waals surface area contributed by atoms with E-state index in [4.69, 9.17) is 11.6 Å². The van der Waals surface area contributed by atoms with E-state index in [9.17, 15) is 0 Å². The number of halogens is 1. The van der Waals surface area contributed by atoms with E-state index in [1.807, 2.05) is 13.0 Å². The third-order valence-electron chi connectivity index (χ3n) is 1.18. The first kappa shape index (κ1) is 7.48. The van der Waals surface area contributed by atoms with Gasteiger partial charge in [-0.05, 0) is 13.0 Å². The minimum absolute atomic E-state index is 0.621. The van der Waals surface area contributed by atoms with E-state index in [0.717, 1.165) is 17.9 Å². The molecule has 0 spiro atoms. The third-order valence-corrected chi connectivity index (χ3v) is 1.37. The first-order valence-electron chi connectivity index (χ1n) is 3.17. The molecule has 0 N–H and O–H groups in total. The molecule has 0 unspecified atom stereocenters. The summed E-state index contributed by atoms with van der Waals surface area (Å²) in [6.07, 6.45) is 2.58. The maximum atomic E-state index is 5.53. The van der Waals surface area contributed by atoms with Crippen molar-refractivity contribution < 1.29 is 0 Å². The van der Waals surface area contributed by atoms with Gasteiger partial charge in [0, 0.05) is 24.2 Å². The van der Waals surface area contributed by atoms with E-state index in [1.54, 1.807) is 6.20 Å². The first-order chi connectivity index (χ1) is 4.83. The van der Waals surface area contributed by atoms with Gasteiger partial charge in [-0.2, -0.15) is 0 Å². The van der Waals surface area contributed by atoms with Crippen LogP contribution in [0.1, 0.15) is 11.5 Å². The summed E-state index contributed by atoms with van der Waals surface area (Å²) in [4.78, 5) is 8.14. The average Bonchev–Trinajstić information content (AvgIpc) is 1.88. The lowest BCUT2D eigenvalue weighted by Gasteiger charge is -1.95. The fourth-order valence-corrected chi connectivity index (χ4v) is 0.935. The van der Waals surface area contributed by atoms with E-state index in [0.29, 0.717) is 5.88 Å². The summed E-state index contributed by atoms with van der Waals surface area (Å²) in [5.41, 5.74) is 1.02. The molecule has 0 aliphatic heterocycles. The summed E-state index contributed by atoms with van der Waals surface area (Å²) >= 11 is 5.53. The molecule has 54 valence electrons. The van der Waals surface area contributed by atoms with Crippen molar-refractivity contribution in [3.8, 4) is 0 Å². The van der Waals surface area contributed by atoms with Gasteiger partial charge in [0.25, 0.3) is 0 Å². The molecule has 0 amide bonds. The van der Waals surface area contributed by atoms with Gasteiger partial charge in [0.1, 0.15) is 5.82 Å². The van der Waals surface area contributed by atoms with E-state index >= 15 is 0 Å². The summed E-state index contributed by atoms with van der Waals surface area (Å²) in [7, 11) is 0. The number of rotatable bonds is 2. The summed E-state index contributed by atoms with van der Waals surface area (Å²) in [6, 6.07) is 1.88. The Labute approximate surface area is 65.3 Å². The van der Waals surface area contributed by atoms with Gasteiger partial charge >= 0.3 is 0 Å². The molecule has 0 bridgehead atoms. The number of hydrogen-bond donors (Lipinski definition) is 0. The Balaban J connectivity index is 2.75. The van der Waals surface area contributed by atoms with Crippen LogP contribution in [0.5, 0.6) is 0 Å². The third kappa shape index (κ3) is 1.95. The molecule has 3 heteroatoms. The van der Waals surface area contributed by atoms with Crippen molar-refractivity contribution in [2.75, 3.05) is 5.88 Å². The summed E-state index contributed by atoms with van der Waals surface area (Å²) < 4.78 is 0. The van der Waals surface area contributed by atoms with Crippen LogP contribution in [0.2, 0.25) is 0 Å². The summed E-state index contributed by atoms with van der Waals surface area (Å²) in [5.74, 6) is 1.43. The molecule has 0 fully saturated rings. The lowest BCUT2D eigenvalue weighted by Crippen LogP contribution is -1.94. The van der Waals surface area contributed by atoms with E-state index in [2.05, 4.69) is 9.97 Å². The van der Waals surface area contributed by atoms with Crippen LogP contribution in [0.4, 0.5) is 0 Å². The molecule has 0 radical (unpaired) electrons. The highest BCUT2D eigenvalue weighted by atomic mass is 35.5. The Morgan fingerprint density at radius 2 is 2.40 bits per heavy atom. The lowest BCUT2D eigenvalue weighted by atomic mass is 10.3. The number of hydrogen-bond acceptors (Lipinski definition) is 2. The van der Waals surface area contributed by atoms with Crippen LogP contribution in [-0.2, 0) is 6.42 Å². The van der Waals surface area contributed by atoms with Crippen LogP contribution in [0, 0.1) is 6.92 Å². The molecular formula is C7H9ClN2. The normalized spacial score (nSPS) is 9.80. The van der Waals surface area contributed by atoms with Gasteiger partial charge < -0.3 is 0 Å². The van der Waals surface area contributed by atoms with E-state index < -0.39 is 0 Å². The molecule has 2 nitrogen and oxygen atoms in total. The van der Waals surface area contributed by atoms with E-state index in [1.165, 1.54) is 0 Å². The highest BCUT2D eigenvalue weighted by Crippen LogP contribution is 1.96. The van der Waals surface area contributed by atoms with Crippen LogP contribution in [0.3, 0.4) is 0 Å². The predicted octanol–water partition coefficient (Wildman–Crippen LogP) is 1.57. The predicted molar refractivity (Wildman–Crippen MR) is 41.2 cm³/mol. The van der Waals surface area contributed by atoms with Gasteiger partial charge in [-0.25, -0.2) is 9.97 Å². The zero-order valence-corrected chi connectivity index (χ0v) is 6.60. The number of alkyl halides is 1. The topological polar surface area (TPSA) is 25.8 Å². The number of nitrogens with zero attached hydrogens (tertiary/aromatic N) is 2. The van der Waals surface area contributed by atoms with Gasteiger partial charge in [0.2, 0.25) is 0 Å². The zero-order valence-electron chi connectivity index (χ0n) is 5.84. The Bertz CT molecular complexity index is 213. The van der Waals surface area contributed by atoms with Crippen molar-refractivity contribution in [3.63, 3.8) is 0 Å². The van der Waals surface area contributed by atoms with Crippen molar-refractivity contribution in [3.05, 3.63) is 23.8 Å². The Morgan fingerprint density at radius 3 is 3.00 bits per heavy atom. The Hall–Kier alpha value is -0.630. The number of aryl methyl sites for hydroxylation is 2. The second kappa shape index (κ2) is 3.52. The zero-order chi connectivity index (χ0) is 7.40. The monoisotopic (exact) mass is 156 g/mol. The van der Waals surface area contributed by atoms with Gasteiger partial charge in [0.15, 0.2) is 0 Å². The molecule has 0 saturated carbocycles. The SMILES string of the molecule is Cc1nccc(CCCl)n1. The fourth-order valence-electron chi connectivity index (χ4n) is 0.741. The molecule has 1 heterocycles. The molecule has 0 atom stereocenters. The van der Waals surface area contributed by atoms with Crippen LogP contribution >= 0.6 is 11.6 Å². The maximum Gasteiger partial charge on any atom is 0.125 e. The minimum atomic E-state index is 0.621. The lowest BCUT2D eigenvalue weighted by molar-refractivity contribution is 0.952. The first-order valence-corrected chi connectivity index (χ1v) is 3.71. The van der Waals surface area contributed by atoms with Crippen LogP contribution in [0.25, 0.3) is 0 Å². The van der Waals surface area contributed by atoms with Crippen molar-refractivity contribution in [2.24, 2.45) is 0 Å². The molecule has 1 aromatic heterocycles. The molecule has 1 rings (SSSR count). The Kier molecular flexibility index (Phi) is 2.63. The summed E-state index contributed by atoms with van der Waals surface area (Å²) in [5, 5.41) is 0. The highest BCUT2D eigenvalue weighted by Gasteiger charge is 1.92. The Morgan fingerprint density at radius 1 is 1.60 bits per heavy atom. The van der Waals surface area contributed by atoms with Gasteiger partial charge in [-0.15, -0.1) is 11.6 Å². The molecule has 0 aliphatic carbocycles. The second-order valence-electron chi connectivity index (χ2n) is 2.03. The van der Waals surface area contributed by atoms with Crippen LogP contribution in [0.15, 0.2) is 12.3 Å². The van der Waals surface area contributed by atoms with Gasteiger partial charge in [0.05, 0.1) is 0 Å². The standard InChI is InChI=1S/C7H9ClN2/c1-6-9-5-3-7(10-6)2-4-8/h3,5H,2,4H2,1H3. The maximum absolute atomic E-state index is 5.53. The second-order valence-corrected chi connectivity index (χ2v) is 2.41. The van der Waals surface area contributed by atoms with Crippen molar-refractivity contribution in [1.29, 1.82) is 0 Å². The number of aromatic nitrogens is 2. The molecule has 0 aromatic carbocycles. The quantitative estimate of drug-likeness (QED) is 0.608. The molecule has 1 aromatic rings. The summed E-state index contributed by atoms with van der Waals surface area (Å²) in [6.45, 7) is 1.87. The smallest absolute Gasteiger partial charge is 0.125 e. The fraction of sp³-hybridized carbons (Fsp3) is 0.429. The van der Waals surface area contributed by atoms with Crippen LogP contribution < -0.4 is 0 Å². The molecule has 0 aliphatic rings. The largest absolute Gasteiger partial charge is 0.242 e. The van der Waals surface area contributed by atoms with Crippen molar-refractivity contribution in [1.82, 2.24) is 9.97 Å². The van der Waals surface area contributed by atoms with E-state index in [-0.39, 0.29) is 0 Å². The van der Waals surface area contributed by atoms with Gasteiger partial charge in [-0.3, -0.25) is 0 Å². The minimum Gasteiger partial charge on any atom is -0.242 e. The molecule has 0 saturated heterocycles. The van der Waals surface area contributed by atoms with Gasteiger partial charge in [-0.1, -0.05) is 0 Å². The van der Waals surface area contributed by atoms with Crippen LogP contribution in [-0.4, -0.2) is 15.8 Å². The molecule has 10 heavy (non-hydrogen) atoms. The van der Waals surface area contributed by atoms with Crippen molar-refractivity contribution in [2.45, 2.75) is 13.3 Å².